The van der Waals surface area contributed by atoms with Gasteiger partial charge in [-0.15, -0.1) is 0 Å². The van der Waals surface area contributed by atoms with Crippen LogP contribution in [0.4, 0.5) is 17.5 Å². The van der Waals surface area contributed by atoms with E-state index in [1.165, 1.54) is 17.3 Å². The second-order valence-electron chi connectivity index (χ2n) is 11.3. The molecule has 12 nitrogen and oxygen atoms in total. The number of carboxylic acid groups (broad SMARTS) is 1. The summed E-state index contributed by atoms with van der Waals surface area (Å²) in [5, 5.41) is 26.0. The molecule has 0 spiro atoms. The molecule has 7 N–H and O–H groups in total. The summed E-state index contributed by atoms with van der Waals surface area (Å²) in [6.45, 7) is 6.06. The molecule has 1 aromatic carbocycles. The van der Waals surface area contributed by atoms with Crippen molar-refractivity contribution in [3.8, 4) is 0 Å². The summed E-state index contributed by atoms with van der Waals surface area (Å²) < 4.78 is 0. The highest BCUT2D eigenvalue weighted by Crippen LogP contribution is 2.29. The molecule has 1 fully saturated rings. The van der Waals surface area contributed by atoms with Crippen molar-refractivity contribution in [1.82, 2.24) is 9.97 Å². The number of anilines is 2. The quantitative estimate of drug-likeness (QED) is 0.0930. The highest BCUT2D eigenvalue weighted by Gasteiger charge is 2.22. The number of carbonyl (C=O) groups excluding carboxylic acids is 1. The van der Waals surface area contributed by atoms with Crippen molar-refractivity contribution in [2.45, 2.75) is 84.5 Å². The number of nitrogens with two attached hydrogens (primary N) is 2. The molecule has 1 heterocycles. The van der Waals surface area contributed by atoms with Gasteiger partial charge in [0.2, 0.25) is 17.7 Å². The van der Waals surface area contributed by atoms with Crippen molar-refractivity contribution in [2.75, 3.05) is 30.3 Å². The number of carbonyl (C=O) groups is 2. The molecule has 1 saturated carbocycles. The minimum atomic E-state index is -0.793. The molecule has 3 rings (SSSR count). The monoisotopic (exact) mass is 599 g/mol. The van der Waals surface area contributed by atoms with Gasteiger partial charge in [0.1, 0.15) is 6.20 Å². The van der Waals surface area contributed by atoms with Crippen LogP contribution in [-0.2, 0) is 16.0 Å². The Bertz CT molecular complexity index is 1160. The normalized spacial score (nSPS) is 16.8. The maximum absolute atomic E-state index is 11.3. The van der Waals surface area contributed by atoms with E-state index in [2.05, 4.69) is 39.7 Å². The fraction of sp³-hybridized carbons (Fsp3) is 0.613. The first-order valence-electron chi connectivity index (χ1n) is 15.4. The average Bonchev–Trinajstić information content (AvgIpc) is 2.99. The van der Waals surface area contributed by atoms with Gasteiger partial charge in [0.05, 0.1) is 4.92 Å². The predicted octanol–water partition coefficient (Wildman–Crippen LogP) is 5.06. The third-order valence-electron chi connectivity index (χ3n) is 8.09. The van der Waals surface area contributed by atoms with Crippen molar-refractivity contribution in [2.24, 2.45) is 29.2 Å². The van der Waals surface area contributed by atoms with Gasteiger partial charge < -0.3 is 27.2 Å². The molecule has 1 atom stereocenters. The van der Waals surface area contributed by atoms with Gasteiger partial charge in [0.25, 0.3) is 0 Å². The number of rotatable bonds is 17. The molecule has 0 bridgehead atoms. The third kappa shape index (κ3) is 13.4. The summed E-state index contributed by atoms with van der Waals surface area (Å²) in [6.07, 6.45) is 10.5. The Kier molecular flexibility index (Phi) is 16.0. The van der Waals surface area contributed by atoms with Crippen LogP contribution in [0.1, 0.15) is 82.3 Å². The van der Waals surface area contributed by atoms with Crippen LogP contribution in [0.2, 0.25) is 0 Å². The highest BCUT2D eigenvalue weighted by molar-refractivity contribution is 5.76. The molecule has 1 aliphatic rings. The zero-order valence-corrected chi connectivity index (χ0v) is 25.6. The average molecular weight is 600 g/mol. The summed E-state index contributed by atoms with van der Waals surface area (Å²) in [6, 6.07) is 8.28. The number of amides is 1. The van der Waals surface area contributed by atoms with Crippen molar-refractivity contribution in [1.29, 1.82) is 0 Å². The Morgan fingerprint density at radius 2 is 1.81 bits per heavy atom. The molecule has 1 unspecified atom stereocenters. The van der Waals surface area contributed by atoms with Gasteiger partial charge in [-0.3, -0.25) is 19.7 Å². The third-order valence-corrected chi connectivity index (χ3v) is 8.09. The van der Waals surface area contributed by atoms with E-state index >= 15 is 0 Å². The van der Waals surface area contributed by atoms with Gasteiger partial charge >= 0.3 is 11.7 Å². The number of nitrogens with one attached hydrogen (secondary N) is 2. The molecule has 238 valence electrons. The first-order chi connectivity index (χ1) is 20.6. The van der Waals surface area contributed by atoms with E-state index in [-0.39, 0.29) is 29.8 Å². The summed E-state index contributed by atoms with van der Waals surface area (Å²) in [5.74, 6) is 0.668. The number of primary amides is 1. The smallest absolute Gasteiger partial charge is 0.329 e. The van der Waals surface area contributed by atoms with Crippen molar-refractivity contribution < 1.29 is 19.6 Å². The van der Waals surface area contributed by atoms with Gasteiger partial charge in [0, 0.05) is 25.4 Å². The number of hydrogen-bond donors (Lipinski definition) is 5. The van der Waals surface area contributed by atoms with Gasteiger partial charge in [-0.2, -0.15) is 4.98 Å². The van der Waals surface area contributed by atoms with E-state index in [4.69, 9.17) is 16.6 Å². The molecule has 1 aromatic heterocycles. The van der Waals surface area contributed by atoms with Crippen LogP contribution in [0.3, 0.4) is 0 Å². The van der Waals surface area contributed by atoms with E-state index in [0.29, 0.717) is 37.3 Å². The maximum Gasteiger partial charge on any atom is 0.329 e. The topological polar surface area (TPSA) is 199 Å². The lowest BCUT2D eigenvalue weighted by Gasteiger charge is -2.27. The number of benzene rings is 1. The van der Waals surface area contributed by atoms with E-state index < -0.39 is 10.9 Å². The van der Waals surface area contributed by atoms with E-state index in [1.807, 2.05) is 19.1 Å². The Labute approximate surface area is 254 Å². The lowest BCUT2D eigenvalue weighted by Crippen LogP contribution is -2.25. The second kappa shape index (κ2) is 19.4. The van der Waals surface area contributed by atoms with Crippen LogP contribution >= 0.6 is 0 Å². The zero-order chi connectivity index (χ0) is 31.6. The zero-order valence-electron chi connectivity index (χ0n) is 25.6. The Morgan fingerprint density at radius 3 is 2.42 bits per heavy atom. The van der Waals surface area contributed by atoms with Crippen molar-refractivity contribution in [3.63, 3.8) is 0 Å². The van der Waals surface area contributed by atoms with E-state index in [0.717, 1.165) is 64.3 Å². The molecule has 1 amide bonds. The number of nitro groups is 1. The molecule has 12 heteroatoms. The number of nitrogens with zero attached hydrogens (tertiary/aromatic N) is 3. The standard InChI is InChI=1S/C18H30N6O4.C13H19NO/c19-10-13-5-7-14(8-6-13)11-21-17-15(24(27)28)12-22-18(23-17)20-9-3-1-2-4-16(25)26;1-3-11(13(14)15)8-9-12-7-5-4-6-10(12)2/h12-14H,1-11,19H2,(H,25,26)(H2,20,21,22,23);4-7,11H,3,8-9H2,1-2H3,(H2,14,15). The van der Waals surface area contributed by atoms with Gasteiger partial charge in [-0.25, -0.2) is 4.98 Å². The van der Waals surface area contributed by atoms with Crippen LogP contribution < -0.4 is 22.1 Å². The number of carboxylic acids is 1. The van der Waals surface area contributed by atoms with Crippen LogP contribution in [0.15, 0.2) is 30.5 Å². The summed E-state index contributed by atoms with van der Waals surface area (Å²) in [7, 11) is 0. The van der Waals surface area contributed by atoms with Gasteiger partial charge in [0.15, 0.2) is 0 Å². The number of aromatic nitrogens is 2. The van der Waals surface area contributed by atoms with Gasteiger partial charge in [-0.1, -0.05) is 37.6 Å². The minimum Gasteiger partial charge on any atom is -0.481 e. The van der Waals surface area contributed by atoms with E-state index in [9.17, 15) is 19.7 Å². The van der Waals surface area contributed by atoms with Crippen LogP contribution in [0, 0.1) is 34.8 Å². The van der Waals surface area contributed by atoms with E-state index in [1.54, 1.807) is 0 Å². The minimum absolute atomic E-state index is 0.0182. The van der Waals surface area contributed by atoms with Gasteiger partial charge in [-0.05, 0) is 94.2 Å². The lowest BCUT2D eigenvalue weighted by molar-refractivity contribution is -0.384. The summed E-state index contributed by atoms with van der Waals surface area (Å²) in [5.41, 5.74) is 13.5. The molecule has 0 radical (unpaired) electrons. The molecule has 0 aliphatic heterocycles. The summed E-state index contributed by atoms with van der Waals surface area (Å²) >= 11 is 0. The highest BCUT2D eigenvalue weighted by atomic mass is 16.6. The van der Waals surface area contributed by atoms with Crippen molar-refractivity contribution >= 4 is 29.3 Å². The number of aliphatic carboxylic acids is 1. The Morgan fingerprint density at radius 1 is 1.12 bits per heavy atom. The number of aryl methyl sites for hydroxylation is 2. The fourth-order valence-corrected chi connectivity index (χ4v) is 5.18. The van der Waals surface area contributed by atoms with Crippen molar-refractivity contribution in [3.05, 3.63) is 51.7 Å². The Hall–Kier alpha value is -3.80. The van der Waals surface area contributed by atoms with Crippen LogP contribution in [0.5, 0.6) is 0 Å². The molecular formula is C31H49N7O5. The largest absolute Gasteiger partial charge is 0.481 e. The predicted molar refractivity (Wildman–Crippen MR) is 169 cm³/mol. The number of unbranched alkanes of at least 4 members (excludes halogenated alkanes) is 2. The first-order valence-corrected chi connectivity index (χ1v) is 15.4. The lowest BCUT2D eigenvalue weighted by atomic mass is 9.82. The SMILES string of the molecule is CCC(CCc1ccccc1C)C(N)=O.NCC1CCC(CNc2nc(NCCCCCC(=O)O)ncc2[N+](=O)[O-])CC1. The fourth-order valence-electron chi connectivity index (χ4n) is 5.18. The second-order valence-corrected chi connectivity index (χ2v) is 11.3. The van der Waals surface area contributed by atoms with Crippen LogP contribution in [-0.4, -0.2) is 51.5 Å². The number of hydrogen-bond acceptors (Lipinski definition) is 9. The molecular weight excluding hydrogens is 550 g/mol. The Balaban J connectivity index is 0.000000362. The maximum atomic E-state index is 11.3. The molecule has 43 heavy (non-hydrogen) atoms. The first kappa shape index (κ1) is 35.4. The molecule has 0 saturated heterocycles. The molecule has 1 aliphatic carbocycles. The summed E-state index contributed by atoms with van der Waals surface area (Å²) in [4.78, 5) is 40.6. The van der Waals surface area contributed by atoms with Crippen LogP contribution in [0.25, 0.3) is 0 Å². The molecule has 2 aromatic rings.